The molecule has 0 aliphatic heterocycles. The van der Waals surface area contributed by atoms with Crippen molar-refractivity contribution >= 4 is 22.5 Å². The van der Waals surface area contributed by atoms with Crippen LogP contribution in [-0.4, -0.2) is 36.2 Å². The molecule has 4 rings (SSSR count). The lowest BCUT2D eigenvalue weighted by molar-refractivity contribution is 0.362. The summed E-state index contributed by atoms with van der Waals surface area (Å²) in [6.45, 7) is 0. The number of ether oxygens (including phenoxy) is 1. The minimum atomic E-state index is -0.313. The van der Waals surface area contributed by atoms with Crippen LogP contribution in [0.3, 0.4) is 0 Å². The highest BCUT2D eigenvalue weighted by atomic mass is 35.5. The quantitative estimate of drug-likeness (QED) is 0.560. The normalized spacial score (nSPS) is 11.2. The topological polar surface area (TPSA) is 79.8 Å². The molecule has 4 aromatic rings. The molecule has 0 fully saturated rings. The number of pyridine rings is 1. The molecule has 0 amide bonds. The number of hydrogen-bond donors (Lipinski definition) is 0. The second kappa shape index (κ2) is 5.75. The molecule has 0 radical (unpaired) electrons. The zero-order chi connectivity index (χ0) is 17.6. The fourth-order valence-corrected chi connectivity index (χ4v) is 2.88. The number of benzene rings is 1. The van der Waals surface area contributed by atoms with Gasteiger partial charge in [-0.2, -0.15) is 9.78 Å². The minimum Gasteiger partial charge on any atom is -0.467 e. The molecule has 8 nitrogen and oxygen atoms in total. The monoisotopic (exact) mass is 356 g/mol. The number of nitrogens with zero attached hydrogens (tertiary/aromatic N) is 6. The SMILES string of the molecule is COc1nn(-c2ccc3nn(-c4cccnc4)c(Cl)c3c2)c(=O)n1C. The Bertz CT molecular complexity index is 1130. The first-order valence-corrected chi connectivity index (χ1v) is 7.77. The Morgan fingerprint density at radius 2 is 1.96 bits per heavy atom. The molecule has 0 atom stereocenters. The smallest absolute Gasteiger partial charge is 0.353 e. The van der Waals surface area contributed by atoms with Crippen LogP contribution < -0.4 is 10.4 Å². The number of methoxy groups -OCH3 is 1. The number of rotatable bonds is 3. The summed E-state index contributed by atoms with van der Waals surface area (Å²) in [7, 11) is 3.06. The van der Waals surface area contributed by atoms with Crippen molar-refractivity contribution in [3.63, 3.8) is 0 Å². The lowest BCUT2D eigenvalue weighted by Crippen LogP contribution is -2.21. The second-order valence-corrected chi connectivity index (χ2v) is 5.71. The predicted octanol–water partition coefficient (Wildman–Crippen LogP) is 1.97. The maximum atomic E-state index is 12.3. The van der Waals surface area contributed by atoms with Gasteiger partial charge < -0.3 is 4.74 Å². The van der Waals surface area contributed by atoms with Gasteiger partial charge >= 0.3 is 11.7 Å². The van der Waals surface area contributed by atoms with Crippen molar-refractivity contribution in [1.82, 2.24) is 29.1 Å². The van der Waals surface area contributed by atoms with Gasteiger partial charge in [-0.25, -0.2) is 14.0 Å². The van der Waals surface area contributed by atoms with E-state index in [9.17, 15) is 4.79 Å². The van der Waals surface area contributed by atoms with Crippen LogP contribution in [-0.2, 0) is 7.05 Å². The van der Waals surface area contributed by atoms with Crippen LogP contribution in [0.25, 0.3) is 22.3 Å². The minimum absolute atomic E-state index is 0.224. The van der Waals surface area contributed by atoms with E-state index in [1.54, 1.807) is 42.3 Å². The number of hydrogen-bond acceptors (Lipinski definition) is 5. The molecular formula is C16H13ClN6O2. The standard InChI is InChI=1S/C16H13ClN6O2/c1-21-15(25-2)20-23(16(21)24)10-5-6-13-12(8-10)14(17)22(19-13)11-4-3-7-18-9-11/h3-9H,1-2H3. The molecule has 9 heteroatoms. The highest BCUT2D eigenvalue weighted by molar-refractivity contribution is 6.34. The van der Waals surface area contributed by atoms with Gasteiger partial charge in [0, 0.05) is 18.6 Å². The molecular weight excluding hydrogens is 344 g/mol. The van der Waals surface area contributed by atoms with E-state index in [1.165, 1.54) is 16.4 Å². The van der Waals surface area contributed by atoms with Gasteiger partial charge in [-0.1, -0.05) is 11.6 Å². The predicted molar refractivity (Wildman–Crippen MR) is 92.8 cm³/mol. The third-order valence-corrected chi connectivity index (χ3v) is 4.22. The Balaban J connectivity index is 1.89. The number of halogens is 1. The van der Waals surface area contributed by atoms with Crippen molar-refractivity contribution in [1.29, 1.82) is 0 Å². The van der Waals surface area contributed by atoms with Crippen LogP contribution in [0.2, 0.25) is 5.15 Å². The van der Waals surface area contributed by atoms with Gasteiger partial charge in [-0.15, -0.1) is 5.10 Å². The molecule has 126 valence electrons. The van der Waals surface area contributed by atoms with Gasteiger partial charge in [0.15, 0.2) is 0 Å². The molecule has 0 aliphatic carbocycles. The maximum absolute atomic E-state index is 12.3. The fraction of sp³-hybridized carbons (Fsp3) is 0.125. The molecule has 3 aromatic heterocycles. The Kier molecular flexibility index (Phi) is 3.54. The molecule has 0 N–H and O–H groups in total. The third kappa shape index (κ3) is 2.38. The summed E-state index contributed by atoms with van der Waals surface area (Å²) >= 11 is 6.49. The maximum Gasteiger partial charge on any atom is 0.353 e. The Labute approximate surface area is 146 Å². The summed E-state index contributed by atoms with van der Waals surface area (Å²) in [6, 6.07) is 9.21. The zero-order valence-corrected chi connectivity index (χ0v) is 14.2. The van der Waals surface area contributed by atoms with Crippen molar-refractivity contribution in [2.75, 3.05) is 7.11 Å². The largest absolute Gasteiger partial charge is 0.467 e. The van der Waals surface area contributed by atoms with Crippen LogP contribution in [0.4, 0.5) is 0 Å². The second-order valence-electron chi connectivity index (χ2n) is 5.36. The zero-order valence-electron chi connectivity index (χ0n) is 13.4. The molecule has 0 spiro atoms. The summed E-state index contributed by atoms with van der Waals surface area (Å²) in [5.41, 5.74) is 1.71. The molecule has 0 aliphatic rings. The van der Waals surface area contributed by atoms with E-state index in [2.05, 4.69) is 15.2 Å². The van der Waals surface area contributed by atoms with Crippen molar-refractivity contribution in [2.45, 2.75) is 0 Å². The average molecular weight is 357 g/mol. The highest BCUT2D eigenvalue weighted by Gasteiger charge is 2.15. The Hall–Kier alpha value is -3.13. The van der Waals surface area contributed by atoms with Crippen LogP contribution in [0.1, 0.15) is 0 Å². The first-order chi connectivity index (χ1) is 12.1. The number of aromatic nitrogens is 6. The first kappa shape index (κ1) is 15.4. The summed E-state index contributed by atoms with van der Waals surface area (Å²) < 4.78 is 9.27. The highest BCUT2D eigenvalue weighted by Crippen LogP contribution is 2.27. The van der Waals surface area contributed by atoms with E-state index in [0.29, 0.717) is 21.7 Å². The van der Waals surface area contributed by atoms with Crippen LogP contribution in [0.5, 0.6) is 6.01 Å². The summed E-state index contributed by atoms with van der Waals surface area (Å²) in [6.07, 6.45) is 3.35. The van der Waals surface area contributed by atoms with Crippen LogP contribution in [0, 0.1) is 0 Å². The Morgan fingerprint density at radius 3 is 2.64 bits per heavy atom. The van der Waals surface area contributed by atoms with Gasteiger partial charge in [0.1, 0.15) is 5.15 Å². The summed E-state index contributed by atoms with van der Waals surface area (Å²) in [5.74, 6) is 0. The van der Waals surface area contributed by atoms with Crippen molar-refractivity contribution in [3.8, 4) is 17.4 Å². The lowest BCUT2D eigenvalue weighted by atomic mass is 10.2. The lowest BCUT2D eigenvalue weighted by Gasteiger charge is -2.01. The third-order valence-electron chi connectivity index (χ3n) is 3.85. The molecule has 0 saturated carbocycles. The molecule has 25 heavy (non-hydrogen) atoms. The van der Waals surface area contributed by atoms with E-state index >= 15 is 0 Å². The van der Waals surface area contributed by atoms with Crippen molar-refractivity contribution in [2.24, 2.45) is 7.05 Å². The fourth-order valence-electron chi connectivity index (χ4n) is 2.59. The van der Waals surface area contributed by atoms with Crippen molar-refractivity contribution in [3.05, 3.63) is 58.4 Å². The van der Waals surface area contributed by atoms with E-state index in [1.807, 2.05) is 12.1 Å². The van der Waals surface area contributed by atoms with Gasteiger partial charge in [0.2, 0.25) is 0 Å². The molecule has 3 heterocycles. The van der Waals surface area contributed by atoms with Gasteiger partial charge in [0.25, 0.3) is 0 Å². The van der Waals surface area contributed by atoms with Crippen LogP contribution in [0.15, 0.2) is 47.5 Å². The van der Waals surface area contributed by atoms with E-state index in [0.717, 1.165) is 5.69 Å². The molecule has 0 saturated heterocycles. The van der Waals surface area contributed by atoms with Gasteiger partial charge in [-0.05, 0) is 30.3 Å². The van der Waals surface area contributed by atoms with Gasteiger partial charge in [0.05, 0.1) is 30.2 Å². The number of fused-ring (bicyclic) bond motifs is 1. The average Bonchev–Trinajstić information content (AvgIpc) is 3.13. The van der Waals surface area contributed by atoms with E-state index in [4.69, 9.17) is 16.3 Å². The molecule has 0 unspecified atom stereocenters. The summed E-state index contributed by atoms with van der Waals surface area (Å²) in [5, 5.41) is 9.79. The molecule has 0 bridgehead atoms. The molecule has 1 aromatic carbocycles. The summed E-state index contributed by atoms with van der Waals surface area (Å²) in [4.78, 5) is 16.4. The van der Waals surface area contributed by atoms with E-state index < -0.39 is 0 Å². The first-order valence-electron chi connectivity index (χ1n) is 7.39. The van der Waals surface area contributed by atoms with E-state index in [-0.39, 0.29) is 11.7 Å². The van der Waals surface area contributed by atoms with Gasteiger partial charge in [-0.3, -0.25) is 4.98 Å². The van der Waals surface area contributed by atoms with Crippen LogP contribution >= 0.6 is 11.6 Å². The van der Waals surface area contributed by atoms with Crippen molar-refractivity contribution < 1.29 is 4.74 Å². The Morgan fingerprint density at radius 1 is 1.12 bits per heavy atom.